The lowest BCUT2D eigenvalue weighted by Gasteiger charge is -2.26. The number of carbonyl (C=O) groups is 1. The molecule has 0 aliphatic carbocycles. The molecule has 2 aliphatic heterocycles. The van der Waals surface area contributed by atoms with Gasteiger partial charge < -0.3 is 10.2 Å². The molecular weight excluding hydrogens is 469 g/mol. The van der Waals surface area contributed by atoms with Crippen molar-refractivity contribution in [3.8, 4) is 11.4 Å². The van der Waals surface area contributed by atoms with Crippen LogP contribution in [0.25, 0.3) is 11.4 Å². The van der Waals surface area contributed by atoms with Gasteiger partial charge in [-0.2, -0.15) is 13.2 Å². The third-order valence-electron chi connectivity index (χ3n) is 6.30. The first-order valence-corrected chi connectivity index (χ1v) is 11.2. The van der Waals surface area contributed by atoms with E-state index in [1.54, 1.807) is 24.7 Å². The highest BCUT2D eigenvalue weighted by Crippen LogP contribution is 2.41. The average Bonchev–Trinajstić information content (AvgIpc) is 3.37. The molecule has 5 heterocycles. The summed E-state index contributed by atoms with van der Waals surface area (Å²) >= 11 is 6.08. The van der Waals surface area contributed by atoms with Crippen molar-refractivity contribution >= 4 is 23.3 Å². The lowest BCUT2D eigenvalue weighted by molar-refractivity contribution is -0.137. The van der Waals surface area contributed by atoms with Crippen LogP contribution in [0.2, 0.25) is 5.02 Å². The number of nitrogens with zero attached hydrogens (tertiary/aromatic N) is 5. The van der Waals surface area contributed by atoms with Crippen molar-refractivity contribution in [3.63, 3.8) is 0 Å². The minimum atomic E-state index is -4.52. The molecule has 0 radical (unpaired) electrons. The first kappa shape index (κ1) is 22.5. The van der Waals surface area contributed by atoms with Gasteiger partial charge in [0.25, 0.3) is 5.91 Å². The highest BCUT2D eigenvalue weighted by atomic mass is 35.5. The molecule has 3 unspecified atom stereocenters. The summed E-state index contributed by atoms with van der Waals surface area (Å²) in [6.45, 7) is 1.88. The zero-order chi connectivity index (χ0) is 24.0. The predicted molar refractivity (Wildman–Crippen MR) is 119 cm³/mol. The van der Waals surface area contributed by atoms with Crippen LogP contribution in [0.15, 0.2) is 43.0 Å². The Kier molecular flexibility index (Phi) is 5.63. The SMILES string of the molecule is Cc1cnc(C(=O)N2C3CCC2C(Nc2ncc(C(F)(F)F)cc2Cl)C3)c(-c2ncccn2)c1. The van der Waals surface area contributed by atoms with Crippen molar-refractivity contribution in [2.24, 2.45) is 0 Å². The van der Waals surface area contributed by atoms with Crippen LogP contribution in [-0.2, 0) is 6.18 Å². The molecule has 3 aromatic rings. The van der Waals surface area contributed by atoms with E-state index in [9.17, 15) is 18.0 Å². The molecule has 0 saturated carbocycles. The van der Waals surface area contributed by atoms with E-state index >= 15 is 0 Å². The van der Waals surface area contributed by atoms with E-state index in [4.69, 9.17) is 11.6 Å². The molecule has 2 bridgehead atoms. The van der Waals surface area contributed by atoms with Gasteiger partial charge in [-0.3, -0.25) is 9.78 Å². The van der Waals surface area contributed by atoms with Crippen molar-refractivity contribution in [1.82, 2.24) is 24.8 Å². The van der Waals surface area contributed by atoms with Gasteiger partial charge in [0, 0.05) is 36.9 Å². The standard InChI is InChI=1S/C23H20ClF3N6O/c1-12-7-15(20-28-5-2-6-29-20)19(30-10-12)22(34)33-14-3-4-18(33)17(9-14)32-21-16(24)8-13(11-31-21)23(25,26)27/h2,5-8,10-11,14,17-18H,3-4,9H2,1H3,(H,31,32). The molecule has 34 heavy (non-hydrogen) atoms. The maximum atomic E-state index is 13.6. The van der Waals surface area contributed by atoms with Crippen LogP contribution in [0.3, 0.4) is 0 Å². The molecule has 2 saturated heterocycles. The van der Waals surface area contributed by atoms with Gasteiger partial charge in [-0.1, -0.05) is 11.6 Å². The fraction of sp³-hybridized carbons (Fsp3) is 0.348. The van der Waals surface area contributed by atoms with Crippen molar-refractivity contribution in [2.75, 3.05) is 5.32 Å². The Morgan fingerprint density at radius 3 is 2.59 bits per heavy atom. The third-order valence-corrected chi connectivity index (χ3v) is 6.58. The molecule has 3 atom stereocenters. The topological polar surface area (TPSA) is 83.9 Å². The zero-order valence-electron chi connectivity index (χ0n) is 18.1. The lowest BCUT2D eigenvalue weighted by atomic mass is 9.95. The number of anilines is 1. The number of hydrogen-bond donors (Lipinski definition) is 1. The van der Waals surface area contributed by atoms with Crippen molar-refractivity contribution in [2.45, 2.75) is 50.5 Å². The molecule has 1 N–H and O–H groups in total. The molecule has 0 spiro atoms. The number of aromatic nitrogens is 4. The first-order valence-electron chi connectivity index (χ1n) is 10.8. The zero-order valence-corrected chi connectivity index (χ0v) is 18.8. The third kappa shape index (κ3) is 4.06. The summed E-state index contributed by atoms with van der Waals surface area (Å²) in [5, 5.41) is 3.05. The van der Waals surface area contributed by atoms with Crippen LogP contribution in [0, 0.1) is 6.92 Å². The number of halogens is 4. The fourth-order valence-electron chi connectivity index (χ4n) is 4.81. The number of rotatable bonds is 4. The Hall–Kier alpha value is -3.27. The fourth-order valence-corrected chi connectivity index (χ4v) is 5.03. The second-order valence-corrected chi connectivity index (χ2v) is 8.94. The van der Waals surface area contributed by atoms with E-state index in [0.717, 1.165) is 30.7 Å². The minimum absolute atomic E-state index is 0.0177. The summed E-state index contributed by atoms with van der Waals surface area (Å²) in [5.41, 5.74) is 0.814. The Morgan fingerprint density at radius 2 is 1.88 bits per heavy atom. The molecule has 2 aliphatic rings. The summed E-state index contributed by atoms with van der Waals surface area (Å²) in [6, 6.07) is 4.03. The van der Waals surface area contributed by atoms with Gasteiger partial charge >= 0.3 is 6.18 Å². The molecule has 11 heteroatoms. The van der Waals surface area contributed by atoms with E-state index in [2.05, 4.69) is 25.3 Å². The average molecular weight is 489 g/mol. The molecule has 5 rings (SSSR count). The summed E-state index contributed by atoms with van der Waals surface area (Å²) in [4.78, 5) is 32.3. The highest BCUT2D eigenvalue weighted by molar-refractivity contribution is 6.33. The lowest BCUT2D eigenvalue weighted by Crippen LogP contribution is -2.40. The second kappa shape index (κ2) is 8.50. The minimum Gasteiger partial charge on any atom is -0.364 e. The predicted octanol–water partition coefficient (Wildman–Crippen LogP) is 4.77. The van der Waals surface area contributed by atoms with Gasteiger partial charge in [-0.05, 0) is 49.9 Å². The molecule has 7 nitrogen and oxygen atoms in total. The smallest absolute Gasteiger partial charge is 0.364 e. The van der Waals surface area contributed by atoms with Gasteiger partial charge in [0.05, 0.1) is 22.2 Å². The van der Waals surface area contributed by atoms with Crippen LogP contribution in [-0.4, -0.2) is 48.9 Å². The quantitative estimate of drug-likeness (QED) is 0.569. The number of nitrogens with one attached hydrogen (secondary N) is 1. The maximum absolute atomic E-state index is 13.6. The van der Waals surface area contributed by atoms with E-state index < -0.39 is 11.7 Å². The van der Waals surface area contributed by atoms with Gasteiger partial charge in [-0.25, -0.2) is 15.0 Å². The van der Waals surface area contributed by atoms with Crippen molar-refractivity contribution in [1.29, 1.82) is 0 Å². The Bertz CT molecular complexity index is 1240. The van der Waals surface area contributed by atoms with E-state index in [-0.39, 0.29) is 40.6 Å². The summed E-state index contributed by atoms with van der Waals surface area (Å²) < 4.78 is 38.8. The van der Waals surface area contributed by atoms with Crippen molar-refractivity contribution < 1.29 is 18.0 Å². The van der Waals surface area contributed by atoms with Crippen LogP contribution in [0.4, 0.5) is 19.0 Å². The van der Waals surface area contributed by atoms with Gasteiger partial charge in [0.1, 0.15) is 11.5 Å². The van der Waals surface area contributed by atoms with Gasteiger partial charge in [0.15, 0.2) is 5.82 Å². The van der Waals surface area contributed by atoms with Crippen LogP contribution >= 0.6 is 11.6 Å². The number of fused-ring (bicyclic) bond motifs is 2. The highest BCUT2D eigenvalue weighted by Gasteiger charge is 2.49. The molecule has 2 fully saturated rings. The molecule has 1 amide bonds. The van der Waals surface area contributed by atoms with E-state index in [0.29, 0.717) is 17.8 Å². The maximum Gasteiger partial charge on any atom is 0.417 e. The van der Waals surface area contributed by atoms with Gasteiger partial charge in [-0.15, -0.1) is 0 Å². The monoisotopic (exact) mass is 488 g/mol. The van der Waals surface area contributed by atoms with Crippen molar-refractivity contribution in [3.05, 3.63) is 64.8 Å². The Balaban J connectivity index is 1.40. The Labute approximate surface area is 198 Å². The Morgan fingerprint density at radius 1 is 1.12 bits per heavy atom. The molecule has 176 valence electrons. The first-order chi connectivity index (χ1) is 16.2. The van der Waals surface area contributed by atoms with E-state index in [1.807, 2.05) is 17.9 Å². The summed E-state index contributed by atoms with van der Waals surface area (Å²) in [6.07, 6.45) is 3.33. The number of pyridine rings is 2. The molecule has 3 aromatic heterocycles. The number of hydrogen-bond acceptors (Lipinski definition) is 6. The van der Waals surface area contributed by atoms with Crippen LogP contribution in [0.5, 0.6) is 0 Å². The number of aryl methyl sites for hydroxylation is 1. The number of amides is 1. The summed E-state index contributed by atoms with van der Waals surface area (Å²) in [5.74, 6) is 0.376. The second-order valence-electron chi connectivity index (χ2n) is 8.53. The number of alkyl halides is 3. The molecular formula is C23H20ClF3N6O. The normalized spacial score (nSPS) is 21.7. The van der Waals surface area contributed by atoms with Crippen LogP contribution in [0.1, 0.15) is 40.9 Å². The summed E-state index contributed by atoms with van der Waals surface area (Å²) in [7, 11) is 0. The van der Waals surface area contributed by atoms with Crippen LogP contribution < -0.4 is 5.32 Å². The van der Waals surface area contributed by atoms with Gasteiger partial charge in [0.2, 0.25) is 0 Å². The molecule has 0 aromatic carbocycles. The number of carbonyl (C=O) groups excluding carboxylic acids is 1. The van der Waals surface area contributed by atoms with E-state index in [1.165, 1.54) is 0 Å². The largest absolute Gasteiger partial charge is 0.417 e.